The first kappa shape index (κ1) is 17.0. The molecule has 1 aromatic heterocycles. The lowest BCUT2D eigenvalue weighted by molar-refractivity contribution is 0.623. The highest BCUT2D eigenvalue weighted by Gasteiger charge is 2.10. The molecule has 1 heterocycles. The van der Waals surface area contributed by atoms with Crippen molar-refractivity contribution >= 4 is 28.2 Å². The average molecular weight is 307 g/mol. The summed E-state index contributed by atoms with van der Waals surface area (Å²) in [7, 11) is 1.75. The lowest BCUT2D eigenvalue weighted by Gasteiger charge is -2.04. The molecule has 0 aliphatic carbocycles. The third-order valence-corrected chi connectivity index (χ3v) is 3.54. The number of allylic oxidation sites excluding steroid dienone is 2. The SMILES string of the molecule is C/C=C\C=NC.CC(C)Cc1cccc2c1oc1ccccc12. The van der Waals surface area contributed by atoms with Crippen molar-refractivity contribution in [1.29, 1.82) is 0 Å². The number of nitrogens with zero attached hydrogens (tertiary/aromatic N) is 1. The number of rotatable bonds is 3. The van der Waals surface area contributed by atoms with Crippen molar-refractivity contribution < 1.29 is 4.42 Å². The van der Waals surface area contributed by atoms with Crippen LogP contribution in [0.25, 0.3) is 21.9 Å². The van der Waals surface area contributed by atoms with E-state index >= 15 is 0 Å². The predicted molar refractivity (Wildman–Crippen MR) is 101 cm³/mol. The number of aliphatic imine (C=N–C) groups is 1. The molecule has 3 aromatic rings. The number of benzene rings is 2. The summed E-state index contributed by atoms with van der Waals surface area (Å²) < 4.78 is 5.98. The van der Waals surface area contributed by atoms with E-state index in [1.165, 1.54) is 16.3 Å². The summed E-state index contributed by atoms with van der Waals surface area (Å²) in [4.78, 5) is 3.71. The van der Waals surface area contributed by atoms with E-state index in [0.29, 0.717) is 5.92 Å². The molecule has 0 unspecified atom stereocenters. The molecule has 0 spiro atoms. The van der Waals surface area contributed by atoms with Gasteiger partial charge in [0.05, 0.1) is 0 Å². The Balaban J connectivity index is 0.000000277. The van der Waals surface area contributed by atoms with E-state index in [1.54, 1.807) is 13.3 Å². The van der Waals surface area contributed by atoms with Crippen LogP contribution in [-0.4, -0.2) is 13.3 Å². The fourth-order valence-electron chi connectivity index (χ4n) is 2.58. The maximum atomic E-state index is 5.98. The quantitative estimate of drug-likeness (QED) is 0.541. The van der Waals surface area contributed by atoms with Gasteiger partial charge in [-0.1, -0.05) is 56.3 Å². The summed E-state index contributed by atoms with van der Waals surface area (Å²) >= 11 is 0. The summed E-state index contributed by atoms with van der Waals surface area (Å²) in [6.45, 7) is 6.44. The number of hydrogen-bond donors (Lipinski definition) is 0. The minimum absolute atomic E-state index is 0.647. The zero-order valence-corrected chi connectivity index (χ0v) is 14.4. The van der Waals surface area contributed by atoms with Gasteiger partial charge in [0, 0.05) is 24.0 Å². The minimum Gasteiger partial charge on any atom is -0.456 e. The van der Waals surface area contributed by atoms with Crippen molar-refractivity contribution in [1.82, 2.24) is 0 Å². The molecule has 2 heteroatoms. The van der Waals surface area contributed by atoms with Crippen LogP contribution in [0, 0.1) is 5.92 Å². The molecule has 0 atom stereocenters. The van der Waals surface area contributed by atoms with Gasteiger partial charge >= 0.3 is 0 Å². The molecular weight excluding hydrogens is 282 g/mol. The van der Waals surface area contributed by atoms with Gasteiger partial charge in [0.15, 0.2) is 0 Å². The lowest BCUT2D eigenvalue weighted by atomic mass is 10.0. The topological polar surface area (TPSA) is 25.5 Å². The largest absolute Gasteiger partial charge is 0.456 e. The van der Waals surface area contributed by atoms with Gasteiger partial charge in [-0.15, -0.1) is 0 Å². The first-order valence-corrected chi connectivity index (χ1v) is 8.10. The fourth-order valence-corrected chi connectivity index (χ4v) is 2.58. The van der Waals surface area contributed by atoms with Crippen LogP contribution in [-0.2, 0) is 6.42 Å². The molecule has 0 bridgehead atoms. The molecule has 0 saturated carbocycles. The second kappa shape index (κ2) is 8.33. The van der Waals surface area contributed by atoms with Crippen LogP contribution in [0.4, 0.5) is 0 Å². The zero-order chi connectivity index (χ0) is 16.7. The Morgan fingerprint density at radius 1 is 1.04 bits per heavy atom. The molecule has 23 heavy (non-hydrogen) atoms. The standard InChI is InChI=1S/C16H16O.C5H9N/c1-11(2)10-12-6-5-8-14-13-7-3-4-9-15(13)17-16(12)14;1-3-4-5-6-2/h3-9,11H,10H2,1-2H3;3-5H,1-2H3/b;4-3-,6-5?. The van der Waals surface area contributed by atoms with Crippen LogP contribution in [0.2, 0.25) is 0 Å². The van der Waals surface area contributed by atoms with Crippen LogP contribution in [0.15, 0.2) is 64.0 Å². The van der Waals surface area contributed by atoms with E-state index in [-0.39, 0.29) is 0 Å². The maximum absolute atomic E-state index is 5.98. The molecule has 2 aromatic carbocycles. The Morgan fingerprint density at radius 3 is 2.43 bits per heavy atom. The smallest absolute Gasteiger partial charge is 0.138 e. The third-order valence-electron chi connectivity index (χ3n) is 3.54. The predicted octanol–water partition coefficient (Wildman–Crippen LogP) is 6.05. The molecule has 2 nitrogen and oxygen atoms in total. The summed E-state index contributed by atoms with van der Waals surface area (Å²) in [6.07, 6.45) is 6.64. The number of para-hydroxylation sites is 2. The van der Waals surface area contributed by atoms with Gasteiger partial charge in [-0.05, 0) is 37.0 Å². The second-order valence-corrected chi connectivity index (χ2v) is 5.92. The number of fused-ring (bicyclic) bond motifs is 3. The van der Waals surface area contributed by atoms with Crippen LogP contribution >= 0.6 is 0 Å². The van der Waals surface area contributed by atoms with E-state index < -0.39 is 0 Å². The molecular formula is C21H25NO. The first-order chi connectivity index (χ1) is 11.2. The molecule has 3 rings (SSSR count). The van der Waals surface area contributed by atoms with Crippen LogP contribution in [0.5, 0.6) is 0 Å². The van der Waals surface area contributed by atoms with Gasteiger partial charge in [0.25, 0.3) is 0 Å². The summed E-state index contributed by atoms with van der Waals surface area (Å²) in [5.74, 6) is 0.647. The molecule has 0 saturated heterocycles. The monoisotopic (exact) mass is 307 g/mol. The highest BCUT2D eigenvalue weighted by Crippen LogP contribution is 2.31. The van der Waals surface area contributed by atoms with Crippen LogP contribution in [0.1, 0.15) is 26.3 Å². The normalized spacial score (nSPS) is 11.7. The van der Waals surface area contributed by atoms with E-state index in [9.17, 15) is 0 Å². The van der Waals surface area contributed by atoms with Gasteiger partial charge < -0.3 is 4.42 Å². The van der Waals surface area contributed by atoms with E-state index in [2.05, 4.69) is 49.2 Å². The van der Waals surface area contributed by atoms with E-state index in [0.717, 1.165) is 17.6 Å². The molecule has 120 valence electrons. The van der Waals surface area contributed by atoms with Crippen molar-refractivity contribution in [3.8, 4) is 0 Å². The Morgan fingerprint density at radius 2 is 1.78 bits per heavy atom. The van der Waals surface area contributed by atoms with Crippen molar-refractivity contribution in [2.75, 3.05) is 7.05 Å². The van der Waals surface area contributed by atoms with Gasteiger partial charge in [-0.25, -0.2) is 0 Å². The van der Waals surface area contributed by atoms with Crippen molar-refractivity contribution in [3.05, 3.63) is 60.2 Å². The Kier molecular flexibility index (Phi) is 6.16. The van der Waals surface area contributed by atoms with Crippen molar-refractivity contribution in [2.45, 2.75) is 27.2 Å². The summed E-state index contributed by atoms with van der Waals surface area (Å²) in [5.41, 5.74) is 3.36. The van der Waals surface area contributed by atoms with Crippen molar-refractivity contribution in [2.24, 2.45) is 10.9 Å². The van der Waals surface area contributed by atoms with Gasteiger partial charge in [-0.3, -0.25) is 4.99 Å². The molecule has 0 fully saturated rings. The first-order valence-electron chi connectivity index (χ1n) is 8.10. The summed E-state index contributed by atoms with van der Waals surface area (Å²) in [5, 5.41) is 2.45. The third kappa shape index (κ3) is 4.32. The number of furan rings is 1. The fraction of sp³-hybridized carbons (Fsp3) is 0.286. The maximum Gasteiger partial charge on any atom is 0.138 e. The van der Waals surface area contributed by atoms with Crippen molar-refractivity contribution in [3.63, 3.8) is 0 Å². The molecule has 0 radical (unpaired) electrons. The molecule has 0 N–H and O–H groups in total. The number of hydrogen-bond acceptors (Lipinski definition) is 2. The van der Waals surface area contributed by atoms with Crippen LogP contribution < -0.4 is 0 Å². The Hall–Kier alpha value is -2.35. The molecule has 0 aliphatic rings. The second-order valence-electron chi connectivity index (χ2n) is 5.92. The van der Waals surface area contributed by atoms with E-state index in [4.69, 9.17) is 4.42 Å². The Labute approximate surface area is 138 Å². The van der Waals surface area contributed by atoms with Crippen LogP contribution in [0.3, 0.4) is 0 Å². The van der Waals surface area contributed by atoms with E-state index in [1.807, 2.05) is 31.2 Å². The highest BCUT2D eigenvalue weighted by molar-refractivity contribution is 6.05. The molecule has 0 amide bonds. The highest BCUT2D eigenvalue weighted by atomic mass is 16.3. The minimum atomic E-state index is 0.647. The average Bonchev–Trinajstić information content (AvgIpc) is 2.93. The van der Waals surface area contributed by atoms with Gasteiger partial charge in [0.1, 0.15) is 11.2 Å². The zero-order valence-electron chi connectivity index (χ0n) is 14.4. The van der Waals surface area contributed by atoms with Gasteiger partial charge in [-0.2, -0.15) is 0 Å². The summed E-state index contributed by atoms with van der Waals surface area (Å²) in [6, 6.07) is 14.7. The lowest BCUT2D eigenvalue weighted by Crippen LogP contribution is -1.93. The van der Waals surface area contributed by atoms with Gasteiger partial charge in [0.2, 0.25) is 0 Å². The molecule has 0 aliphatic heterocycles. The Bertz CT molecular complexity index is 799.